The minimum atomic E-state index is -5.34. The molecule has 0 aromatic heterocycles. The van der Waals surface area contributed by atoms with Crippen molar-refractivity contribution in [1.29, 1.82) is 5.26 Å². The van der Waals surface area contributed by atoms with Gasteiger partial charge < -0.3 is 4.74 Å². The maximum Gasteiger partial charge on any atom is 0.491 e. The van der Waals surface area contributed by atoms with Gasteiger partial charge in [-0.05, 0) is 47.2 Å². The minimum absolute atomic E-state index is 0.243. The summed E-state index contributed by atoms with van der Waals surface area (Å²) in [4.78, 5) is 24.4. The van der Waals surface area contributed by atoms with Crippen LogP contribution in [0.2, 0.25) is 10.0 Å². The van der Waals surface area contributed by atoms with Crippen LogP contribution in [0.15, 0.2) is 48.5 Å². The Hall–Kier alpha value is -2.60. The molecule has 2 aromatic rings. The lowest BCUT2D eigenvalue weighted by Crippen LogP contribution is -2.44. The number of carbonyl (C=O) groups is 2. The van der Waals surface area contributed by atoms with E-state index in [2.05, 4.69) is 16.1 Å². The molecule has 4 atom stereocenters. The first-order chi connectivity index (χ1) is 16.2. The molecule has 0 aliphatic carbocycles. The molecule has 0 radical (unpaired) electrons. The number of hydrogen-bond donors (Lipinski definition) is 1. The van der Waals surface area contributed by atoms with Gasteiger partial charge >= 0.3 is 18.1 Å². The zero-order valence-electron chi connectivity index (χ0n) is 19.1. The second kappa shape index (κ2) is 9.81. The Bertz CT molecular complexity index is 1160. The first kappa shape index (κ1) is 27.0. The summed E-state index contributed by atoms with van der Waals surface area (Å²) in [6.45, 7) is 5.65. The van der Waals surface area contributed by atoms with E-state index >= 15 is 0 Å². The number of benzene rings is 2. The summed E-state index contributed by atoms with van der Waals surface area (Å²) in [5.41, 5.74) is -0.830. The Morgan fingerprint density at radius 1 is 1.09 bits per heavy atom. The maximum absolute atomic E-state index is 13.0. The molecular weight excluding hydrogens is 504 g/mol. The van der Waals surface area contributed by atoms with Crippen molar-refractivity contribution in [1.82, 2.24) is 5.32 Å². The summed E-state index contributed by atoms with van der Waals surface area (Å²) in [7, 11) is 0. The molecule has 35 heavy (non-hydrogen) atoms. The summed E-state index contributed by atoms with van der Waals surface area (Å²) in [5.74, 6) is -4.88. The Morgan fingerprint density at radius 3 is 2.23 bits per heavy atom. The highest BCUT2D eigenvalue weighted by Crippen LogP contribution is 2.53. The molecule has 186 valence electrons. The van der Waals surface area contributed by atoms with Crippen molar-refractivity contribution in [3.8, 4) is 6.07 Å². The highest BCUT2D eigenvalue weighted by atomic mass is 35.5. The molecule has 0 amide bonds. The average molecular weight is 527 g/mol. The van der Waals surface area contributed by atoms with E-state index in [0.29, 0.717) is 21.2 Å². The zero-order chi connectivity index (χ0) is 26.2. The topological polar surface area (TPSA) is 79.2 Å². The van der Waals surface area contributed by atoms with Crippen molar-refractivity contribution in [2.45, 2.75) is 50.9 Å². The van der Waals surface area contributed by atoms with E-state index in [9.17, 15) is 28.0 Å². The number of esters is 2. The molecule has 1 N–H and O–H groups in total. The molecule has 10 heteroatoms. The van der Waals surface area contributed by atoms with Crippen molar-refractivity contribution in [2.75, 3.05) is 0 Å². The van der Waals surface area contributed by atoms with Crippen LogP contribution < -0.4 is 5.32 Å². The highest BCUT2D eigenvalue weighted by Gasteiger charge is 2.60. The van der Waals surface area contributed by atoms with Crippen LogP contribution in [0.5, 0.6) is 0 Å². The summed E-state index contributed by atoms with van der Waals surface area (Å²) in [6, 6.07) is 13.2. The second-order valence-electron chi connectivity index (χ2n) is 9.70. The normalized spacial score (nSPS) is 24.6. The van der Waals surface area contributed by atoms with Crippen LogP contribution in [0.4, 0.5) is 13.2 Å². The van der Waals surface area contributed by atoms with Gasteiger partial charge in [0, 0.05) is 16.0 Å². The second-order valence-corrected chi connectivity index (χ2v) is 10.6. The van der Waals surface area contributed by atoms with Crippen molar-refractivity contribution < 1.29 is 27.5 Å². The largest absolute Gasteiger partial charge is 0.491 e. The summed E-state index contributed by atoms with van der Waals surface area (Å²) in [5, 5.41) is 14.5. The maximum atomic E-state index is 13.0. The van der Waals surface area contributed by atoms with Gasteiger partial charge in [0.15, 0.2) is 0 Å². The number of alkyl halides is 3. The van der Waals surface area contributed by atoms with Gasteiger partial charge in [0.1, 0.15) is 11.5 Å². The third-order valence-electron chi connectivity index (χ3n) is 5.99. The molecule has 0 saturated carbocycles. The summed E-state index contributed by atoms with van der Waals surface area (Å²) in [6.07, 6.45) is -5.10. The lowest BCUT2D eigenvalue weighted by Gasteiger charge is -2.37. The monoisotopic (exact) mass is 526 g/mol. The van der Waals surface area contributed by atoms with Gasteiger partial charge in [0.2, 0.25) is 0 Å². The van der Waals surface area contributed by atoms with E-state index in [0.717, 1.165) is 0 Å². The highest BCUT2D eigenvalue weighted by molar-refractivity contribution is 6.30. The van der Waals surface area contributed by atoms with Crippen LogP contribution >= 0.6 is 23.2 Å². The molecule has 1 fully saturated rings. The number of nitrogens with one attached hydrogen (secondary N) is 1. The van der Waals surface area contributed by atoms with E-state index in [-0.39, 0.29) is 6.42 Å². The molecule has 0 spiro atoms. The molecule has 1 heterocycles. The first-order valence-electron chi connectivity index (χ1n) is 10.7. The van der Waals surface area contributed by atoms with E-state index in [1.165, 1.54) is 0 Å². The van der Waals surface area contributed by atoms with Gasteiger partial charge in [-0.1, -0.05) is 68.2 Å². The molecule has 3 rings (SSSR count). The molecule has 1 aliphatic heterocycles. The van der Waals surface area contributed by atoms with E-state index in [1.807, 2.05) is 20.8 Å². The fourth-order valence-corrected chi connectivity index (χ4v) is 4.98. The summed E-state index contributed by atoms with van der Waals surface area (Å²) < 4.78 is 42.8. The number of halogens is 5. The molecule has 5 nitrogen and oxygen atoms in total. The quantitative estimate of drug-likeness (QED) is 0.381. The third-order valence-corrected chi connectivity index (χ3v) is 6.48. The number of ether oxygens (including phenoxy) is 1. The molecule has 0 unspecified atom stereocenters. The van der Waals surface area contributed by atoms with Gasteiger partial charge in [-0.3, -0.25) is 5.32 Å². The Morgan fingerprint density at radius 2 is 1.71 bits per heavy atom. The van der Waals surface area contributed by atoms with Gasteiger partial charge in [-0.25, -0.2) is 9.59 Å². The molecule has 0 bridgehead atoms. The number of rotatable bonds is 4. The standard InChI is InChI=1S/C25H23Cl2F3N2O3/c1-23(2,3)12-18-19(21(33)35-22(34)25(28,29)30)32-20(14-5-4-6-17(27)11-14)24(18,13-31)15-7-9-16(26)10-8-15/h4-11,18-20,32H,12H2,1-3H3/t18-,19+,20+,24+/m0/s1. The first-order valence-corrected chi connectivity index (χ1v) is 11.5. The molecule has 1 saturated heterocycles. The lowest BCUT2D eigenvalue weighted by atomic mass is 9.62. The Kier molecular flexibility index (Phi) is 7.56. The predicted octanol–water partition coefficient (Wildman–Crippen LogP) is 6.15. The molecular formula is C25H23Cl2F3N2O3. The third kappa shape index (κ3) is 5.64. The predicted molar refractivity (Wildman–Crippen MR) is 125 cm³/mol. The van der Waals surface area contributed by atoms with Crippen LogP contribution in [0.25, 0.3) is 0 Å². The van der Waals surface area contributed by atoms with Crippen LogP contribution in [-0.2, 0) is 19.7 Å². The van der Waals surface area contributed by atoms with Crippen LogP contribution in [0.3, 0.4) is 0 Å². The number of nitrogens with zero attached hydrogens (tertiary/aromatic N) is 1. The number of hydrogen-bond acceptors (Lipinski definition) is 5. The molecule has 1 aliphatic rings. The van der Waals surface area contributed by atoms with Crippen molar-refractivity contribution >= 4 is 35.1 Å². The lowest BCUT2D eigenvalue weighted by molar-refractivity contribution is -0.202. The van der Waals surface area contributed by atoms with E-state index in [4.69, 9.17) is 23.2 Å². The fourth-order valence-electron chi connectivity index (χ4n) is 4.65. The van der Waals surface area contributed by atoms with Crippen molar-refractivity contribution in [3.63, 3.8) is 0 Å². The summed E-state index contributed by atoms with van der Waals surface area (Å²) >= 11 is 12.3. The van der Waals surface area contributed by atoms with Gasteiger partial charge in [-0.15, -0.1) is 0 Å². The van der Waals surface area contributed by atoms with Crippen molar-refractivity contribution in [2.24, 2.45) is 11.3 Å². The van der Waals surface area contributed by atoms with Gasteiger partial charge in [0.05, 0.1) is 12.1 Å². The van der Waals surface area contributed by atoms with Gasteiger partial charge in [-0.2, -0.15) is 18.4 Å². The Labute approximate surface area is 211 Å². The molecule has 2 aromatic carbocycles. The van der Waals surface area contributed by atoms with Crippen molar-refractivity contribution in [3.05, 3.63) is 69.7 Å². The minimum Gasteiger partial charge on any atom is -0.385 e. The number of carbonyl (C=O) groups excluding carboxylic acids is 2. The van der Waals surface area contributed by atoms with Crippen LogP contribution in [-0.4, -0.2) is 24.2 Å². The zero-order valence-corrected chi connectivity index (χ0v) is 20.6. The number of nitriles is 1. The van der Waals surface area contributed by atoms with Gasteiger partial charge in [0.25, 0.3) is 0 Å². The fraction of sp³-hybridized carbons (Fsp3) is 0.400. The SMILES string of the molecule is CC(C)(C)C[C@H]1[C@H](C(=O)OC(=O)C(F)(F)F)N[C@H](c2cccc(Cl)c2)[C@]1(C#N)c1ccc(Cl)cc1. The average Bonchev–Trinajstić information content (AvgIpc) is 3.07. The van der Waals surface area contributed by atoms with Crippen LogP contribution in [0, 0.1) is 22.7 Å². The van der Waals surface area contributed by atoms with Crippen LogP contribution in [0.1, 0.15) is 44.4 Å². The van der Waals surface area contributed by atoms with E-state index < -0.39 is 46.9 Å². The van der Waals surface area contributed by atoms with E-state index in [1.54, 1.807) is 48.5 Å². The Balaban J connectivity index is 2.22. The smallest absolute Gasteiger partial charge is 0.385 e.